The summed E-state index contributed by atoms with van der Waals surface area (Å²) in [5.74, 6) is -0.553. The van der Waals surface area contributed by atoms with Crippen molar-refractivity contribution in [2.24, 2.45) is 0 Å². The van der Waals surface area contributed by atoms with Crippen molar-refractivity contribution >= 4 is 46.4 Å². The zero-order valence-electron chi connectivity index (χ0n) is 12.3. The van der Waals surface area contributed by atoms with Crippen molar-refractivity contribution in [1.29, 1.82) is 5.26 Å². The Balaban J connectivity index is 2.01. The fraction of sp³-hybridized carbons (Fsp3) is 0.0588. The maximum absolute atomic E-state index is 12.1. The molecule has 2 rings (SSSR count). The summed E-state index contributed by atoms with van der Waals surface area (Å²) >= 11 is 17.7. The second-order valence-corrected chi connectivity index (χ2v) is 5.95. The lowest BCUT2D eigenvalue weighted by molar-refractivity contribution is -0.112. The number of carbonyl (C=O) groups excluding carboxylic acids is 1. The number of rotatable bonds is 5. The van der Waals surface area contributed by atoms with Crippen molar-refractivity contribution < 1.29 is 4.79 Å². The van der Waals surface area contributed by atoms with E-state index >= 15 is 0 Å². The molecule has 7 heteroatoms. The van der Waals surface area contributed by atoms with Crippen LogP contribution in [0.4, 0.5) is 5.69 Å². The summed E-state index contributed by atoms with van der Waals surface area (Å²) in [6.07, 6.45) is 1.34. The van der Waals surface area contributed by atoms with Crippen molar-refractivity contribution in [1.82, 2.24) is 5.32 Å². The first-order valence-corrected chi connectivity index (χ1v) is 7.98. The first-order valence-electron chi connectivity index (χ1n) is 6.84. The molecule has 0 fully saturated rings. The average molecular weight is 381 g/mol. The summed E-state index contributed by atoms with van der Waals surface area (Å²) in [5, 5.41) is 15.9. The average Bonchev–Trinajstić information content (AvgIpc) is 2.56. The van der Waals surface area contributed by atoms with Gasteiger partial charge >= 0.3 is 0 Å². The van der Waals surface area contributed by atoms with E-state index < -0.39 is 5.91 Å². The first kappa shape index (κ1) is 18.2. The van der Waals surface area contributed by atoms with Crippen LogP contribution in [0.25, 0.3) is 0 Å². The molecule has 0 aliphatic carbocycles. The number of hydrogen-bond donors (Lipinski definition) is 2. The predicted molar refractivity (Wildman–Crippen MR) is 97.1 cm³/mol. The Morgan fingerprint density at radius 3 is 2.50 bits per heavy atom. The van der Waals surface area contributed by atoms with Crippen LogP contribution in [-0.2, 0) is 11.3 Å². The van der Waals surface area contributed by atoms with Crippen LogP contribution in [0.2, 0.25) is 15.1 Å². The topological polar surface area (TPSA) is 64.9 Å². The number of carbonyl (C=O) groups is 1. The van der Waals surface area contributed by atoms with Gasteiger partial charge in [0, 0.05) is 23.5 Å². The van der Waals surface area contributed by atoms with Gasteiger partial charge in [0.05, 0.1) is 10.0 Å². The first-order chi connectivity index (χ1) is 11.5. The fourth-order valence-corrected chi connectivity index (χ4v) is 2.33. The Kier molecular flexibility index (Phi) is 6.51. The van der Waals surface area contributed by atoms with Crippen LogP contribution in [-0.4, -0.2) is 5.91 Å². The molecule has 122 valence electrons. The van der Waals surface area contributed by atoms with E-state index in [1.54, 1.807) is 18.2 Å². The molecule has 1 amide bonds. The molecule has 0 aliphatic heterocycles. The predicted octanol–water partition coefficient (Wildman–Crippen LogP) is 4.78. The zero-order chi connectivity index (χ0) is 17.5. The van der Waals surface area contributed by atoms with Gasteiger partial charge in [-0.05, 0) is 29.8 Å². The van der Waals surface area contributed by atoms with E-state index in [-0.39, 0.29) is 5.57 Å². The minimum absolute atomic E-state index is 0.0758. The highest BCUT2D eigenvalue weighted by Gasteiger charge is 2.10. The Morgan fingerprint density at radius 1 is 1.08 bits per heavy atom. The third-order valence-electron chi connectivity index (χ3n) is 3.04. The summed E-state index contributed by atoms with van der Waals surface area (Å²) in [5.41, 5.74) is 1.23. The van der Waals surface area contributed by atoms with E-state index in [1.807, 2.05) is 24.3 Å². The van der Waals surface area contributed by atoms with Crippen LogP contribution in [0.15, 0.2) is 54.2 Å². The number of nitrogens with zero attached hydrogens (tertiary/aromatic N) is 1. The summed E-state index contributed by atoms with van der Waals surface area (Å²) < 4.78 is 0. The molecule has 2 aromatic carbocycles. The van der Waals surface area contributed by atoms with Crippen LogP contribution in [0.3, 0.4) is 0 Å². The van der Waals surface area contributed by atoms with Gasteiger partial charge in [-0.2, -0.15) is 5.26 Å². The van der Waals surface area contributed by atoms with Crippen LogP contribution in [0.1, 0.15) is 5.56 Å². The minimum Gasteiger partial charge on any atom is -0.386 e. The maximum Gasteiger partial charge on any atom is 0.267 e. The largest absolute Gasteiger partial charge is 0.386 e. The quantitative estimate of drug-likeness (QED) is 0.579. The molecule has 0 saturated heterocycles. The molecule has 0 aromatic heterocycles. The van der Waals surface area contributed by atoms with E-state index in [2.05, 4.69) is 10.6 Å². The lowest BCUT2D eigenvalue weighted by atomic mass is 10.2. The van der Waals surface area contributed by atoms with Gasteiger partial charge in [0.2, 0.25) is 0 Å². The molecule has 24 heavy (non-hydrogen) atoms. The molecule has 2 N–H and O–H groups in total. The van der Waals surface area contributed by atoms with Gasteiger partial charge in [-0.15, -0.1) is 0 Å². The van der Waals surface area contributed by atoms with E-state index in [0.717, 1.165) is 5.56 Å². The van der Waals surface area contributed by atoms with Gasteiger partial charge < -0.3 is 10.6 Å². The number of hydrogen-bond acceptors (Lipinski definition) is 3. The number of benzene rings is 2. The van der Waals surface area contributed by atoms with Gasteiger partial charge in [0.15, 0.2) is 0 Å². The van der Waals surface area contributed by atoms with Crippen LogP contribution < -0.4 is 10.6 Å². The van der Waals surface area contributed by atoms with Gasteiger partial charge in [0.1, 0.15) is 11.6 Å². The van der Waals surface area contributed by atoms with Crippen LogP contribution in [0.5, 0.6) is 0 Å². The number of halogens is 3. The Labute approximate surface area is 154 Å². The second-order valence-electron chi connectivity index (χ2n) is 4.73. The van der Waals surface area contributed by atoms with Crippen LogP contribution >= 0.6 is 34.8 Å². The molecule has 0 spiro atoms. The third-order valence-corrected chi connectivity index (χ3v) is 4.15. The van der Waals surface area contributed by atoms with Crippen molar-refractivity contribution in [2.45, 2.75) is 6.54 Å². The Bertz CT molecular complexity index is 828. The third kappa shape index (κ3) is 4.90. The number of nitrogens with one attached hydrogen (secondary N) is 2. The minimum atomic E-state index is -0.553. The molecule has 2 aromatic rings. The fourth-order valence-electron chi connectivity index (χ4n) is 1.83. The second kappa shape index (κ2) is 8.60. The molecule has 4 nitrogen and oxygen atoms in total. The van der Waals surface area contributed by atoms with E-state index in [9.17, 15) is 4.79 Å². The Morgan fingerprint density at radius 2 is 1.83 bits per heavy atom. The smallest absolute Gasteiger partial charge is 0.267 e. The number of nitriles is 1. The molecule has 0 aliphatic rings. The van der Waals surface area contributed by atoms with E-state index in [1.165, 1.54) is 12.3 Å². The summed E-state index contributed by atoms with van der Waals surface area (Å²) in [4.78, 5) is 12.1. The lowest BCUT2D eigenvalue weighted by Crippen LogP contribution is -2.16. The van der Waals surface area contributed by atoms with Gasteiger partial charge in [-0.1, -0.05) is 53.0 Å². The molecule has 0 atom stereocenters. The van der Waals surface area contributed by atoms with E-state index in [0.29, 0.717) is 27.3 Å². The summed E-state index contributed by atoms with van der Waals surface area (Å²) in [7, 11) is 0. The molecule has 0 heterocycles. The monoisotopic (exact) mass is 379 g/mol. The van der Waals surface area contributed by atoms with Crippen molar-refractivity contribution in [3.63, 3.8) is 0 Å². The normalized spacial score (nSPS) is 10.8. The molecule has 0 saturated carbocycles. The van der Waals surface area contributed by atoms with Gasteiger partial charge in [0.25, 0.3) is 5.91 Å². The molecule has 0 unspecified atom stereocenters. The zero-order valence-corrected chi connectivity index (χ0v) is 14.6. The molecule has 0 radical (unpaired) electrons. The molecular formula is C17H12Cl3N3O. The highest BCUT2D eigenvalue weighted by atomic mass is 35.5. The molecular weight excluding hydrogens is 369 g/mol. The summed E-state index contributed by atoms with van der Waals surface area (Å²) in [6, 6.07) is 13.8. The SMILES string of the molecule is N#C/C(=C/NCc1ccccc1Cl)C(=O)Nc1ccc(Cl)c(Cl)c1. The number of anilines is 1. The highest BCUT2D eigenvalue weighted by Crippen LogP contribution is 2.25. The molecule has 0 bridgehead atoms. The maximum atomic E-state index is 12.1. The standard InChI is InChI=1S/C17H12Cl3N3O/c18-14-4-2-1-3-11(14)9-22-10-12(8-21)17(24)23-13-5-6-15(19)16(20)7-13/h1-7,10,22H,9H2,(H,23,24)/b12-10-. The highest BCUT2D eigenvalue weighted by molar-refractivity contribution is 6.42. The van der Waals surface area contributed by atoms with Gasteiger partial charge in [-0.3, -0.25) is 4.79 Å². The Hall–Kier alpha value is -2.19. The van der Waals surface area contributed by atoms with Gasteiger partial charge in [-0.25, -0.2) is 0 Å². The lowest BCUT2D eigenvalue weighted by Gasteiger charge is -2.07. The van der Waals surface area contributed by atoms with Crippen molar-refractivity contribution in [3.05, 3.63) is 74.9 Å². The van der Waals surface area contributed by atoms with E-state index in [4.69, 9.17) is 40.1 Å². The number of amides is 1. The summed E-state index contributed by atoms with van der Waals surface area (Å²) in [6.45, 7) is 0.394. The van der Waals surface area contributed by atoms with Crippen LogP contribution in [0, 0.1) is 11.3 Å². The van der Waals surface area contributed by atoms with Crippen molar-refractivity contribution in [2.75, 3.05) is 5.32 Å². The van der Waals surface area contributed by atoms with Crippen molar-refractivity contribution in [3.8, 4) is 6.07 Å².